The van der Waals surface area contributed by atoms with Crippen LogP contribution in [0.1, 0.15) is 16.4 Å². The predicted molar refractivity (Wildman–Crippen MR) is 88.5 cm³/mol. The quantitative estimate of drug-likeness (QED) is 0.567. The summed E-state index contributed by atoms with van der Waals surface area (Å²) in [5.74, 6) is 0.505. The largest absolute Gasteiger partial charge is 0.337 e. The molecule has 124 valence electrons. The molecule has 0 bridgehead atoms. The molecule has 8 heteroatoms. The summed E-state index contributed by atoms with van der Waals surface area (Å²) in [7, 11) is 1.66. The maximum Gasteiger partial charge on any atom is 0.274 e. The fourth-order valence-electron chi connectivity index (χ4n) is 2.43. The average molecular weight is 334 g/mol. The second kappa shape index (κ2) is 6.16. The first kappa shape index (κ1) is 15.0. The van der Waals surface area contributed by atoms with Crippen molar-refractivity contribution in [3.63, 3.8) is 0 Å². The zero-order valence-corrected chi connectivity index (χ0v) is 13.4. The number of nitrogens with zero attached hydrogens (tertiary/aromatic N) is 6. The molecule has 1 amide bonds. The van der Waals surface area contributed by atoms with Gasteiger partial charge in [0.2, 0.25) is 11.7 Å². The van der Waals surface area contributed by atoms with E-state index in [1.165, 1.54) is 4.90 Å². The summed E-state index contributed by atoms with van der Waals surface area (Å²) >= 11 is 0. The fraction of sp³-hybridized carbons (Fsp3) is 0.118. The molecule has 0 atom stereocenters. The third-order valence-electron chi connectivity index (χ3n) is 3.66. The van der Waals surface area contributed by atoms with Gasteiger partial charge in [-0.15, -0.1) is 0 Å². The number of pyridine rings is 2. The fourth-order valence-corrected chi connectivity index (χ4v) is 2.43. The first-order valence-corrected chi connectivity index (χ1v) is 7.64. The van der Waals surface area contributed by atoms with Gasteiger partial charge in [0.05, 0.1) is 0 Å². The summed E-state index contributed by atoms with van der Waals surface area (Å²) in [6.45, 7) is 0.187. The highest BCUT2D eigenvalue weighted by atomic mass is 16.5. The number of hydrogen-bond donors (Lipinski definition) is 0. The van der Waals surface area contributed by atoms with Crippen LogP contribution in [0.4, 0.5) is 0 Å². The first-order chi connectivity index (χ1) is 12.2. The Morgan fingerprint density at radius 2 is 2.08 bits per heavy atom. The summed E-state index contributed by atoms with van der Waals surface area (Å²) in [6, 6.07) is 11.0. The van der Waals surface area contributed by atoms with Crippen LogP contribution in [-0.4, -0.2) is 42.4 Å². The maximum atomic E-state index is 12.5. The molecular formula is C17H14N6O2. The summed E-state index contributed by atoms with van der Waals surface area (Å²) in [6.07, 6.45) is 5.20. The molecule has 0 radical (unpaired) electrons. The minimum absolute atomic E-state index is 0.187. The van der Waals surface area contributed by atoms with Gasteiger partial charge in [-0.2, -0.15) is 4.98 Å². The molecule has 4 heterocycles. The van der Waals surface area contributed by atoms with Gasteiger partial charge < -0.3 is 13.8 Å². The second-order valence-corrected chi connectivity index (χ2v) is 5.48. The van der Waals surface area contributed by atoms with Gasteiger partial charge in [-0.25, -0.2) is 4.98 Å². The van der Waals surface area contributed by atoms with E-state index in [1.54, 1.807) is 29.9 Å². The van der Waals surface area contributed by atoms with E-state index < -0.39 is 0 Å². The lowest BCUT2D eigenvalue weighted by molar-refractivity contribution is 0.0764. The molecule has 4 rings (SSSR count). The van der Waals surface area contributed by atoms with Crippen molar-refractivity contribution >= 4 is 11.6 Å². The van der Waals surface area contributed by atoms with Crippen LogP contribution < -0.4 is 0 Å². The van der Waals surface area contributed by atoms with Crippen molar-refractivity contribution in [3.8, 4) is 11.5 Å². The minimum atomic E-state index is -0.221. The van der Waals surface area contributed by atoms with Gasteiger partial charge in [0.25, 0.3) is 5.91 Å². The molecule has 0 N–H and O–H groups in total. The van der Waals surface area contributed by atoms with Crippen molar-refractivity contribution in [2.45, 2.75) is 6.54 Å². The summed E-state index contributed by atoms with van der Waals surface area (Å²) in [5.41, 5.74) is 1.69. The normalized spacial score (nSPS) is 10.9. The van der Waals surface area contributed by atoms with Crippen LogP contribution in [0.2, 0.25) is 0 Å². The molecular weight excluding hydrogens is 320 g/mol. The van der Waals surface area contributed by atoms with E-state index in [0.717, 1.165) is 5.65 Å². The number of hydrogen-bond acceptors (Lipinski definition) is 6. The lowest BCUT2D eigenvalue weighted by atomic mass is 10.3. The molecule has 0 aliphatic rings. The van der Waals surface area contributed by atoms with E-state index in [-0.39, 0.29) is 12.5 Å². The highest BCUT2D eigenvalue weighted by Crippen LogP contribution is 2.14. The molecule has 0 aliphatic carbocycles. The van der Waals surface area contributed by atoms with Gasteiger partial charge in [-0.3, -0.25) is 9.78 Å². The van der Waals surface area contributed by atoms with Crippen molar-refractivity contribution in [1.82, 2.24) is 29.4 Å². The van der Waals surface area contributed by atoms with E-state index in [9.17, 15) is 4.79 Å². The molecule has 0 spiro atoms. The zero-order chi connectivity index (χ0) is 17.2. The van der Waals surface area contributed by atoms with Gasteiger partial charge in [0.15, 0.2) is 0 Å². The molecule has 25 heavy (non-hydrogen) atoms. The van der Waals surface area contributed by atoms with E-state index in [1.807, 2.05) is 36.5 Å². The van der Waals surface area contributed by atoms with Crippen LogP contribution >= 0.6 is 0 Å². The van der Waals surface area contributed by atoms with Gasteiger partial charge in [-0.05, 0) is 24.3 Å². The summed E-state index contributed by atoms with van der Waals surface area (Å²) in [5, 5.41) is 3.90. The molecule has 0 saturated carbocycles. The lowest BCUT2D eigenvalue weighted by Gasteiger charge is -2.12. The first-order valence-electron chi connectivity index (χ1n) is 7.64. The van der Waals surface area contributed by atoms with Crippen molar-refractivity contribution in [1.29, 1.82) is 0 Å². The van der Waals surface area contributed by atoms with Gasteiger partial charge in [-0.1, -0.05) is 17.3 Å². The molecule has 0 saturated heterocycles. The Bertz CT molecular complexity index is 991. The number of carbonyl (C=O) groups is 1. The minimum Gasteiger partial charge on any atom is -0.337 e. The monoisotopic (exact) mass is 334 g/mol. The maximum absolute atomic E-state index is 12.5. The predicted octanol–water partition coefficient (Wildman–Crippen LogP) is 2.05. The van der Waals surface area contributed by atoms with Crippen LogP contribution in [-0.2, 0) is 6.54 Å². The Morgan fingerprint density at radius 3 is 2.88 bits per heavy atom. The smallest absolute Gasteiger partial charge is 0.274 e. The standard InChI is InChI=1S/C17H14N6O2/c1-22(17(24)13-10-23-9-5-3-7-14(23)19-13)11-15-20-16(21-25-15)12-6-2-4-8-18-12/h2-10H,11H2,1H3. The summed E-state index contributed by atoms with van der Waals surface area (Å²) in [4.78, 5) is 26.8. The van der Waals surface area contributed by atoms with Crippen molar-refractivity contribution in [2.75, 3.05) is 7.05 Å². The van der Waals surface area contributed by atoms with Crippen LogP contribution in [0.15, 0.2) is 59.5 Å². The van der Waals surface area contributed by atoms with Crippen LogP contribution in [0, 0.1) is 0 Å². The third kappa shape index (κ3) is 2.97. The zero-order valence-electron chi connectivity index (χ0n) is 13.4. The Labute approximate surface area is 142 Å². The Hall–Kier alpha value is -3.55. The number of carbonyl (C=O) groups excluding carboxylic acids is 1. The number of rotatable bonds is 4. The number of fused-ring (bicyclic) bond motifs is 1. The molecule has 0 fully saturated rings. The highest BCUT2D eigenvalue weighted by molar-refractivity contribution is 5.92. The average Bonchev–Trinajstić information content (AvgIpc) is 3.28. The molecule has 0 aromatic carbocycles. The number of aromatic nitrogens is 5. The van der Waals surface area contributed by atoms with Crippen molar-refractivity contribution in [3.05, 3.63) is 66.6 Å². The third-order valence-corrected chi connectivity index (χ3v) is 3.66. The van der Waals surface area contributed by atoms with Crippen molar-refractivity contribution < 1.29 is 9.32 Å². The summed E-state index contributed by atoms with van der Waals surface area (Å²) < 4.78 is 7.01. The van der Waals surface area contributed by atoms with E-state index >= 15 is 0 Å². The molecule has 4 aromatic rings. The van der Waals surface area contributed by atoms with E-state index in [2.05, 4.69) is 20.1 Å². The molecule has 4 aromatic heterocycles. The van der Waals surface area contributed by atoms with E-state index in [0.29, 0.717) is 23.1 Å². The highest BCUT2D eigenvalue weighted by Gasteiger charge is 2.18. The van der Waals surface area contributed by atoms with Gasteiger partial charge in [0, 0.05) is 25.6 Å². The lowest BCUT2D eigenvalue weighted by Crippen LogP contribution is -2.26. The SMILES string of the molecule is CN(Cc1nc(-c2ccccn2)no1)C(=O)c1cn2ccccc2n1. The topological polar surface area (TPSA) is 89.4 Å². The molecule has 8 nitrogen and oxygen atoms in total. The second-order valence-electron chi connectivity index (χ2n) is 5.48. The Balaban J connectivity index is 1.50. The van der Waals surface area contributed by atoms with Crippen LogP contribution in [0.3, 0.4) is 0 Å². The van der Waals surface area contributed by atoms with Crippen molar-refractivity contribution in [2.24, 2.45) is 0 Å². The van der Waals surface area contributed by atoms with Crippen LogP contribution in [0.25, 0.3) is 17.2 Å². The van der Waals surface area contributed by atoms with E-state index in [4.69, 9.17) is 4.52 Å². The Kier molecular flexibility index (Phi) is 3.70. The molecule has 0 aliphatic heterocycles. The Morgan fingerprint density at radius 1 is 1.20 bits per heavy atom. The number of imidazole rings is 1. The number of amides is 1. The van der Waals surface area contributed by atoms with Crippen LogP contribution in [0.5, 0.6) is 0 Å². The van der Waals surface area contributed by atoms with Gasteiger partial charge in [0.1, 0.15) is 23.6 Å². The van der Waals surface area contributed by atoms with Gasteiger partial charge >= 0.3 is 0 Å². The molecule has 0 unspecified atom stereocenters.